The van der Waals surface area contributed by atoms with Crippen LogP contribution >= 0.6 is 23.2 Å². The minimum absolute atomic E-state index is 0.713. The van der Waals surface area contributed by atoms with Crippen molar-refractivity contribution in [2.24, 2.45) is 5.92 Å². The normalized spacial score (nSPS) is 21.6. The fourth-order valence-corrected chi connectivity index (χ4v) is 2.58. The zero-order valence-corrected chi connectivity index (χ0v) is 10.1. The van der Waals surface area contributed by atoms with E-state index in [0.717, 1.165) is 30.5 Å². The van der Waals surface area contributed by atoms with Gasteiger partial charge in [0.05, 0.1) is 0 Å². The first kappa shape index (κ1) is 11.3. The smallest absolute Gasteiger partial charge is 0.0452 e. The van der Waals surface area contributed by atoms with Crippen molar-refractivity contribution in [3.8, 4) is 0 Å². The van der Waals surface area contributed by atoms with Crippen molar-refractivity contribution in [1.82, 2.24) is 5.32 Å². The van der Waals surface area contributed by atoms with Crippen LogP contribution in [0.15, 0.2) is 18.2 Å². The third kappa shape index (κ3) is 3.10. The summed E-state index contributed by atoms with van der Waals surface area (Å²) in [5, 5.41) is 4.93. The van der Waals surface area contributed by atoms with Crippen LogP contribution in [0, 0.1) is 5.92 Å². The second kappa shape index (κ2) is 5.20. The predicted molar refractivity (Wildman–Crippen MR) is 65.8 cm³/mol. The Balaban J connectivity index is 2.03. The van der Waals surface area contributed by atoms with Gasteiger partial charge in [-0.05, 0) is 56.0 Å². The minimum atomic E-state index is 0.713. The van der Waals surface area contributed by atoms with Crippen molar-refractivity contribution >= 4 is 23.2 Å². The quantitative estimate of drug-likeness (QED) is 0.839. The van der Waals surface area contributed by atoms with Crippen molar-refractivity contribution in [3.63, 3.8) is 0 Å². The van der Waals surface area contributed by atoms with Gasteiger partial charge in [0.15, 0.2) is 0 Å². The summed E-state index contributed by atoms with van der Waals surface area (Å²) in [7, 11) is 0. The molecule has 2 rings (SSSR count). The Bertz CT molecular complexity index is 332. The third-order valence-electron chi connectivity index (χ3n) is 2.92. The largest absolute Gasteiger partial charge is 0.316 e. The molecule has 1 aliphatic rings. The van der Waals surface area contributed by atoms with E-state index in [4.69, 9.17) is 23.2 Å². The molecule has 1 aliphatic heterocycles. The first-order chi connectivity index (χ1) is 7.25. The molecule has 1 fully saturated rings. The van der Waals surface area contributed by atoms with Crippen molar-refractivity contribution in [2.75, 3.05) is 13.1 Å². The maximum absolute atomic E-state index is 6.14. The molecule has 1 nitrogen and oxygen atoms in total. The Labute approximate surface area is 101 Å². The summed E-state index contributed by atoms with van der Waals surface area (Å²) in [6.07, 6.45) is 3.63. The van der Waals surface area contributed by atoms with E-state index in [1.54, 1.807) is 0 Å². The minimum Gasteiger partial charge on any atom is -0.316 e. The molecule has 0 saturated carbocycles. The molecule has 1 aromatic rings. The maximum Gasteiger partial charge on any atom is 0.0452 e. The van der Waals surface area contributed by atoms with Crippen LogP contribution < -0.4 is 5.32 Å². The van der Waals surface area contributed by atoms with E-state index in [-0.39, 0.29) is 0 Å². The zero-order chi connectivity index (χ0) is 10.7. The van der Waals surface area contributed by atoms with E-state index < -0.39 is 0 Å². The molecular weight excluding hydrogens is 229 g/mol. The molecule has 0 radical (unpaired) electrons. The second-order valence-electron chi connectivity index (χ2n) is 4.15. The van der Waals surface area contributed by atoms with Gasteiger partial charge in [0.2, 0.25) is 0 Å². The van der Waals surface area contributed by atoms with Gasteiger partial charge in [-0.25, -0.2) is 0 Å². The summed E-state index contributed by atoms with van der Waals surface area (Å²) in [5.41, 5.74) is 1.22. The van der Waals surface area contributed by atoms with E-state index in [0.29, 0.717) is 5.02 Å². The van der Waals surface area contributed by atoms with Crippen molar-refractivity contribution in [1.29, 1.82) is 0 Å². The lowest BCUT2D eigenvalue weighted by atomic mass is 9.92. The van der Waals surface area contributed by atoms with Crippen LogP contribution in [-0.2, 0) is 6.42 Å². The van der Waals surface area contributed by atoms with Crippen LogP contribution in [0.3, 0.4) is 0 Å². The molecule has 0 aromatic heterocycles. The number of piperidine rings is 1. The number of hydrogen-bond acceptors (Lipinski definition) is 1. The van der Waals surface area contributed by atoms with E-state index in [2.05, 4.69) is 5.32 Å². The number of hydrogen-bond donors (Lipinski definition) is 1. The van der Waals surface area contributed by atoms with Gasteiger partial charge in [-0.2, -0.15) is 0 Å². The summed E-state index contributed by atoms with van der Waals surface area (Å²) in [6, 6.07) is 5.78. The first-order valence-corrected chi connectivity index (χ1v) is 6.16. The predicted octanol–water partition coefficient (Wildman–Crippen LogP) is 3.54. The molecule has 1 atom stereocenters. The van der Waals surface area contributed by atoms with Crippen molar-refractivity contribution < 1.29 is 0 Å². The Morgan fingerprint density at radius 3 is 2.87 bits per heavy atom. The highest BCUT2D eigenvalue weighted by Gasteiger charge is 2.14. The average Bonchev–Trinajstić information content (AvgIpc) is 2.24. The maximum atomic E-state index is 6.14. The first-order valence-electron chi connectivity index (χ1n) is 5.40. The summed E-state index contributed by atoms with van der Waals surface area (Å²) < 4.78 is 0. The number of benzene rings is 1. The monoisotopic (exact) mass is 243 g/mol. The van der Waals surface area contributed by atoms with E-state index in [1.165, 1.54) is 18.4 Å². The molecule has 1 unspecified atom stereocenters. The van der Waals surface area contributed by atoms with Crippen LogP contribution in [0.5, 0.6) is 0 Å². The molecule has 3 heteroatoms. The summed E-state index contributed by atoms with van der Waals surface area (Å²) in [4.78, 5) is 0. The Morgan fingerprint density at radius 1 is 1.33 bits per heavy atom. The SMILES string of the molecule is Clc1ccc(CC2CCCNC2)c(Cl)c1. The highest BCUT2D eigenvalue weighted by molar-refractivity contribution is 6.35. The van der Waals surface area contributed by atoms with Gasteiger partial charge in [0, 0.05) is 10.0 Å². The van der Waals surface area contributed by atoms with E-state index in [9.17, 15) is 0 Å². The van der Waals surface area contributed by atoms with Crippen LogP contribution in [0.4, 0.5) is 0 Å². The summed E-state index contributed by atoms with van der Waals surface area (Å²) >= 11 is 12.0. The van der Waals surface area contributed by atoms with Crippen molar-refractivity contribution in [3.05, 3.63) is 33.8 Å². The highest BCUT2D eigenvalue weighted by Crippen LogP contribution is 2.25. The Kier molecular flexibility index (Phi) is 3.90. The number of halogens is 2. The highest BCUT2D eigenvalue weighted by atomic mass is 35.5. The molecule has 0 spiro atoms. The van der Waals surface area contributed by atoms with Gasteiger partial charge >= 0.3 is 0 Å². The number of nitrogens with one attached hydrogen (secondary N) is 1. The molecule has 82 valence electrons. The van der Waals surface area contributed by atoms with Gasteiger partial charge in [-0.3, -0.25) is 0 Å². The van der Waals surface area contributed by atoms with Crippen LogP contribution in [-0.4, -0.2) is 13.1 Å². The molecule has 1 aromatic carbocycles. The average molecular weight is 244 g/mol. The molecule has 1 saturated heterocycles. The van der Waals surface area contributed by atoms with E-state index >= 15 is 0 Å². The number of rotatable bonds is 2. The summed E-state index contributed by atoms with van der Waals surface area (Å²) in [5.74, 6) is 0.720. The van der Waals surface area contributed by atoms with Crippen LogP contribution in [0.25, 0.3) is 0 Å². The van der Waals surface area contributed by atoms with Gasteiger partial charge in [-0.1, -0.05) is 29.3 Å². The molecule has 15 heavy (non-hydrogen) atoms. The van der Waals surface area contributed by atoms with Gasteiger partial charge < -0.3 is 5.32 Å². The van der Waals surface area contributed by atoms with E-state index in [1.807, 2.05) is 18.2 Å². The molecular formula is C12H15Cl2N. The second-order valence-corrected chi connectivity index (χ2v) is 5.00. The Hall–Kier alpha value is -0.240. The fourth-order valence-electron chi connectivity index (χ4n) is 2.10. The molecule has 0 bridgehead atoms. The third-order valence-corrected chi connectivity index (χ3v) is 3.51. The van der Waals surface area contributed by atoms with Crippen molar-refractivity contribution in [2.45, 2.75) is 19.3 Å². The molecule has 1 heterocycles. The van der Waals surface area contributed by atoms with Crippen LogP contribution in [0.1, 0.15) is 18.4 Å². The molecule has 0 aliphatic carbocycles. The lowest BCUT2D eigenvalue weighted by Crippen LogP contribution is -2.30. The van der Waals surface area contributed by atoms with Gasteiger partial charge in [-0.15, -0.1) is 0 Å². The molecule has 1 N–H and O–H groups in total. The topological polar surface area (TPSA) is 12.0 Å². The Morgan fingerprint density at radius 2 is 2.20 bits per heavy atom. The standard InChI is InChI=1S/C12H15Cl2N/c13-11-4-3-10(12(14)7-11)6-9-2-1-5-15-8-9/h3-4,7,9,15H,1-2,5-6,8H2. The lowest BCUT2D eigenvalue weighted by Gasteiger charge is -2.23. The molecule has 0 amide bonds. The fraction of sp³-hybridized carbons (Fsp3) is 0.500. The zero-order valence-electron chi connectivity index (χ0n) is 8.60. The van der Waals surface area contributed by atoms with Gasteiger partial charge in [0.1, 0.15) is 0 Å². The lowest BCUT2D eigenvalue weighted by molar-refractivity contribution is 0.376. The summed E-state index contributed by atoms with van der Waals surface area (Å²) in [6.45, 7) is 2.27. The van der Waals surface area contributed by atoms with Gasteiger partial charge in [0.25, 0.3) is 0 Å². The van der Waals surface area contributed by atoms with Crippen LogP contribution in [0.2, 0.25) is 10.0 Å².